The van der Waals surface area contributed by atoms with Crippen LogP contribution in [0.15, 0.2) is 35.1 Å². The first-order chi connectivity index (χ1) is 8.11. The number of benzene rings is 1. The van der Waals surface area contributed by atoms with Crippen LogP contribution in [-0.2, 0) is 6.54 Å². The van der Waals surface area contributed by atoms with Crippen LogP contribution in [0.2, 0.25) is 0 Å². The van der Waals surface area contributed by atoms with Gasteiger partial charge in [-0.05, 0) is 31.5 Å². The molecule has 0 aliphatic carbocycles. The van der Waals surface area contributed by atoms with Gasteiger partial charge in [-0.3, -0.25) is 4.79 Å². The van der Waals surface area contributed by atoms with Gasteiger partial charge in [-0.15, -0.1) is 0 Å². The Balaban J connectivity index is 2.56. The number of nitrogens with two attached hydrogens (primary N) is 1. The fraction of sp³-hybridized carbons (Fsp3) is 0.231. The van der Waals surface area contributed by atoms with E-state index in [0.717, 1.165) is 22.5 Å². The Bertz CT molecular complexity index is 585. The van der Waals surface area contributed by atoms with Gasteiger partial charge >= 0.3 is 0 Å². The topological polar surface area (TPSA) is 60.9 Å². The van der Waals surface area contributed by atoms with Crippen LogP contribution >= 0.6 is 0 Å². The molecule has 0 radical (unpaired) electrons. The van der Waals surface area contributed by atoms with Crippen LogP contribution in [0, 0.1) is 13.8 Å². The molecular formula is C13H15N3O. The largest absolute Gasteiger partial charge is 0.326 e. The molecule has 0 fully saturated rings. The lowest BCUT2D eigenvalue weighted by molar-refractivity contribution is 0.767. The summed E-state index contributed by atoms with van der Waals surface area (Å²) in [5.74, 6) is 0. The maximum atomic E-state index is 11.9. The lowest BCUT2D eigenvalue weighted by Gasteiger charge is -2.08. The zero-order valence-electron chi connectivity index (χ0n) is 9.97. The Hall–Kier alpha value is -1.94. The predicted octanol–water partition coefficient (Wildman–Crippen LogP) is 1.31. The lowest BCUT2D eigenvalue weighted by Crippen LogP contribution is -2.23. The third-order valence-corrected chi connectivity index (χ3v) is 2.72. The normalized spacial score (nSPS) is 10.5. The molecule has 1 aromatic carbocycles. The van der Waals surface area contributed by atoms with E-state index in [9.17, 15) is 4.79 Å². The van der Waals surface area contributed by atoms with E-state index >= 15 is 0 Å². The number of aromatic nitrogens is 2. The lowest BCUT2D eigenvalue weighted by atomic mass is 10.2. The first kappa shape index (κ1) is 11.5. The summed E-state index contributed by atoms with van der Waals surface area (Å²) in [6, 6.07) is 9.21. The number of aryl methyl sites for hydroxylation is 2. The Morgan fingerprint density at radius 2 is 1.88 bits per heavy atom. The first-order valence-electron chi connectivity index (χ1n) is 5.49. The second kappa shape index (κ2) is 4.51. The van der Waals surface area contributed by atoms with E-state index in [0.29, 0.717) is 6.54 Å². The molecule has 17 heavy (non-hydrogen) atoms. The van der Waals surface area contributed by atoms with Gasteiger partial charge in [-0.2, -0.15) is 9.78 Å². The molecule has 0 amide bonds. The van der Waals surface area contributed by atoms with Crippen molar-refractivity contribution in [3.05, 3.63) is 57.5 Å². The maximum absolute atomic E-state index is 11.9. The second-order valence-corrected chi connectivity index (χ2v) is 4.04. The highest BCUT2D eigenvalue weighted by Crippen LogP contribution is 2.07. The van der Waals surface area contributed by atoms with Gasteiger partial charge in [0, 0.05) is 12.6 Å². The quantitative estimate of drug-likeness (QED) is 0.844. The minimum Gasteiger partial charge on any atom is -0.326 e. The average Bonchev–Trinajstić information content (AvgIpc) is 2.33. The van der Waals surface area contributed by atoms with Gasteiger partial charge in [0.2, 0.25) is 0 Å². The minimum absolute atomic E-state index is 0.153. The molecule has 0 spiro atoms. The zero-order valence-corrected chi connectivity index (χ0v) is 9.97. The van der Waals surface area contributed by atoms with Gasteiger partial charge in [0.05, 0.1) is 11.4 Å². The van der Waals surface area contributed by atoms with Crippen LogP contribution < -0.4 is 11.3 Å². The summed E-state index contributed by atoms with van der Waals surface area (Å²) in [4.78, 5) is 11.9. The Morgan fingerprint density at radius 1 is 1.24 bits per heavy atom. The molecule has 0 saturated carbocycles. The van der Waals surface area contributed by atoms with Gasteiger partial charge < -0.3 is 5.73 Å². The molecule has 4 heteroatoms. The molecule has 2 rings (SSSR count). The molecule has 1 aromatic heterocycles. The molecule has 0 bridgehead atoms. The van der Waals surface area contributed by atoms with E-state index in [2.05, 4.69) is 5.10 Å². The minimum atomic E-state index is -0.153. The van der Waals surface area contributed by atoms with Crippen LogP contribution in [-0.4, -0.2) is 9.78 Å². The molecule has 2 aromatic rings. The molecule has 2 N–H and O–H groups in total. The van der Waals surface area contributed by atoms with E-state index in [1.54, 1.807) is 6.07 Å². The van der Waals surface area contributed by atoms with Gasteiger partial charge in [0.1, 0.15) is 0 Å². The smallest absolute Gasteiger partial charge is 0.271 e. The van der Waals surface area contributed by atoms with Crippen molar-refractivity contribution < 1.29 is 0 Å². The molecule has 88 valence electrons. The number of nitrogens with zero attached hydrogens (tertiary/aromatic N) is 2. The molecule has 0 atom stereocenters. The van der Waals surface area contributed by atoms with E-state index in [4.69, 9.17) is 5.73 Å². The highest BCUT2D eigenvalue weighted by atomic mass is 16.1. The monoisotopic (exact) mass is 229 g/mol. The summed E-state index contributed by atoms with van der Waals surface area (Å²) >= 11 is 0. The third-order valence-electron chi connectivity index (χ3n) is 2.72. The Labute approximate surface area is 99.7 Å². The summed E-state index contributed by atoms with van der Waals surface area (Å²) in [7, 11) is 0. The summed E-state index contributed by atoms with van der Waals surface area (Å²) in [5, 5.41) is 4.27. The zero-order chi connectivity index (χ0) is 12.4. The van der Waals surface area contributed by atoms with Crippen LogP contribution in [0.3, 0.4) is 0 Å². The Kier molecular flexibility index (Phi) is 3.06. The number of hydrogen-bond donors (Lipinski definition) is 1. The van der Waals surface area contributed by atoms with Crippen molar-refractivity contribution in [3.63, 3.8) is 0 Å². The summed E-state index contributed by atoms with van der Waals surface area (Å²) in [5.41, 5.74) is 8.88. The SMILES string of the molecule is Cc1ccc(-n2nc(C)c(CN)cc2=O)cc1. The fourth-order valence-corrected chi connectivity index (χ4v) is 1.66. The molecule has 0 unspecified atom stereocenters. The van der Waals surface area contributed by atoms with Crippen molar-refractivity contribution >= 4 is 0 Å². The van der Waals surface area contributed by atoms with Crippen molar-refractivity contribution in [2.24, 2.45) is 5.73 Å². The summed E-state index contributed by atoms with van der Waals surface area (Å²) < 4.78 is 1.40. The summed E-state index contributed by atoms with van der Waals surface area (Å²) in [6.45, 7) is 4.19. The first-order valence-corrected chi connectivity index (χ1v) is 5.49. The average molecular weight is 229 g/mol. The molecule has 4 nitrogen and oxygen atoms in total. The van der Waals surface area contributed by atoms with Crippen molar-refractivity contribution in [3.8, 4) is 5.69 Å². The third kappa shape index (κ3) is 2.26. The van der Waals surface area contributed by atoms with Gasteiger partial charge in [-0.25, -0.2) is 0 Å². The number of hydrogen-bond acceptors (Lipinski definition) is 3. The van der Waals surface area contributed by atoms with Gasteiger partial charge in [0.25, 0.3) is 5.56 Å². The van der Waals surface area contributed by atoms with E-state index < -0.39 is 0 Å². The van der Waals surface area contributed by atoms with Gasteiger partial charge in [0.15, 0.2) is 0 Å². The van der Waals surface area contributed by atoms with E-state index in [1.807, 2.05) is 38.1 Å². The van der Waals surface area contributed by atoms with Crippen LogP contribution in [0.1, 0.15) is 16.8 Å². The van der Waals surface area contributed by atoms with E-state index in [1.165, 1.54) is 4.68 Å². The summed E-state index contributed by atoms with van der Waals surface area (Å²) in [6.07, 6.45) is 0. The molecular weight excluding hydrogens is 214 g/mol. The predicted molar refractivity (Wildman–Crippen MR) is 67.2 cm³/mol. The van der Waals surface area contributed by atoms with E-state index in [-0.39, 0.29) is 5.56 Å². The Morgan fingerprint density at radius 3 is 2.47 bits per heavy atom. The highest BCUT2D eigenvalue weighted by molar-refractivity contribution is 5.34. The van der Waals surface area contributed by atoms with Gasteiger partial charge in [-0.1, -0.05) is 17.7 Å². The standard InChI is InChI=1S/C13H15N3O/c1-9-3-5-12(6-4-9)16-13(17)7-11(8-14)10(2)15-16/h3-7H,8,14H2,1-2H3. The second-order valence-electron chi connectivity index (χ2n) is 4.04. The van der Waals surface area contributed by atoms with Crippen molar-refractivity contribution in [2.75, 3.05) is 0 Å². The fourth-order valence-electron chi connectivity index (χ4n) is 1.66. The maximum Gasteiger partial charge on any atom is 0.271 e. The molecule has 0 aliphatic rings. The highest BCUT2D eigenvalue weighted by Gasteiger charge is 2.05. The van der Waals surface area contributed by atoms with Crippen LogP contribution in [0.4, 0.5) is 0 Å². The van der Waals surface area contributed by atoms with Crippen molar-refractivity contribution in [1.82, 2.24) is 9.78 Å². The molecule has 0 aliphatic heterocycles. The molecule has 1 heterocycles. The van der Waals surface area contributed by atoms with Crippen molar-refractivity contribution in [1.29, 1.82) is 0 Å². The van der Waals surface area contributed by atoms with Crippen LogP contribution in [0.25, 0.3) is 5.69 Å². The number of rotatable bonds is 2. The van der Waals surface area contributed by atoms with Crippen LogP contribution in [0.5, 0.6) is 0 Å². The molecule has 0 saturated heterocycles. The van der Waals surface area contributed by atoms with Crippen molar-refractivity contribution in [2.45, 2.75) is 20.4 Å².